The molecule has 0 atom stereocenters. The van der Waals surface area contributed by atoms with Crippen molar-refractivity contribution >= 4 is 11.7 Å². The van der Waals surface area contributed by atoms with Gasteiger partial charge in [-0.15, -0.1) is 5.10 Å². The molecule has 1 amide bonds. The Morgan fingerprint density at radius 3 is 2.96 bits per heavy atom. The molecule has 0 spiro atoms. The van der Waals surface area contributed by atoms with Gasteiger partial charge in [0.1, 0.15) is 5.82 Å². The maximum absolute atomic E-state index is 12.7. The van der Waals surface area contributed by atoms with E-state index in [0.717, 1.165) is 11.3 Å². The van der Waals surface area contributed by atoms with Gasteiger partial charge in [0.05, 0.1) is 17.9 Å². The number of carbonyl (C=O) groups is 1. The molecule has 2 N–H and O–H groups in total. The third-order valence-corrected chi connectivity index (χ3v) is 4.39. The zero-order chi connectivity index (χ0) is 16.5. The number of amides is 1. The van der Waals surface area contributed by atoms with Crippen molar-refractivity contribution in [3.05, 3.63) is 41.2 Å². The van der Waals surface area contributed by atoms with Crippen molar-refractivity contribution in [2.75, 3.05) is 18.9 Å². The van der Waals surface area contributed by atoms with Crippen LogP contribution in [0.2, 0.25) is 0 Å². The summed E-state index contributed by atoms with van der Waals surface area (Å²) in [4.78, 5) is 18.7. The summed E-state index contributed by atoms with van der Waals surface area (Å²) in [7, 11) is 0. The standard InChI is InChI=1S/C17H19N5O2/c18-15-7-13-9-22(6-5-14(13)20-21-15)17(23)12-3-4-16(19-8-12)24-10-11-1-2-11/h3-4,7-8,11H,1-2,5-6,9-10H2,(H2,18,21). The Kier molecular flexibility index (Phi) is 3.76. The van der Waals surface area contributed by atoms with Crippen LogP contribution in [0.5, 0.6) is 5.88 Å². The van der Waals surface area contributed by atoms with E-state index in [1.165, 1.54) is 12.8 Å². The van der Waals surface area contributed by atoms with Gasteiger partial charge in [0.2, 0.25) is 5.88 Å². The summed E-state index contributed by atoms with van der Waals surface area (Å²) < 4.78 is 5.60. The highest BCUT2D eigenvalue weighted by Crippen LogP contribution is 2.29. The molecule has 2 aliphatic rings. The molecule has 7 heteroatoms. The predicted molar refractivity (Wildman–Crippen MR) is 87.3 cm³/mol. The zero-order valence-corrected chi connectivity index (χ0v) is 13.3. The fourth-order valence-electron chi connectivity index (χ4n) is 2.78. The molecule has 4 rings (SSSR count). The molecule has 0 saturated heterocycles. The smallest absolute Gasteiger partial charge is 0.255 e. The molecule has 1 saturated carbocycles. The number of pyridine rings is 1. The second-order valence-corrected chi connectivity index (χ2v) is 6.36. The molecule has 1 aliphatic heterocycles. The lowest BCUT2D eigenvalue weighted by atomic mass is 10.1. The quantitative estimate of drug-likeness (QED) is 0.914. The molecule has 3 heterocycles. The number of nitrogens with zero attached hydrogens (tertiary/aromatic N) is 4. The molecular weight excluding hydrogens is 306 g/mol. The second-order valence-electron chi connectivity index (χ2n) is 6.36. The van der Waals surface area contributed by atoms with Crippen molar-refractivity contribution in [2.24, 2.45) is 5.92 Å². The van der Waals surface area contributed by atoms with Gasteiger partial charge in [-0.2, -0.15) is 5.10 Å². The summed E-state index contributed by atoms with van der Waals surface area (Å²) >= 11 is 0. The summed E-state index contributed by atoms with van der Waals surface area (Å²) in [6, 6.07) is 5.32. The summed E-state index contributed by atoms with van der Waals surface area (Å²) in [5.41, 5.74) is 8.12. The molecule has 0 radical (unpaired) electrons. The Bertz CT molecular complexity index is 758. The van der Waals surface area contributed by atoms with Gasteiger partial charge in [-0.3, -0.25) is 4.79 Å². The molecule has 24 heavy (non-hydrogen) atoms. The number of fused-ring (bicyclic) bond motifs is 1. The van der Waals surface area contributed by atoms with Crippen LogP contribution in [0.15, 0.2) is 24.4 Å². The maximum Gasteiger partial charge on any atom is 0.255 e. The Labute approximate surface area is 139 Å². The van der Waals surface area contributed by atoms with Gasteiger partial charge in [-0.1, -0.05) is 0 Å². The van der Waals surface area contributed by atoms with E-state index in [9.17, 15) is 4.79 Å². The topological polar surface area (TPSA) is 94.2 Å². The van der Waals surface area contributed by atoms with Crippen LogP contribution in [-0.2, 0) is 13.0 Å². The normalized spacial score (nSPS) is 16.6. The third-order valence-electron chi connectivity index (χ3n) is 4.39. The Morgan fingerprint density at radius 1 is 1.33 bits per heavy atom. The van der Waals surface area contributed by atoms with E-state index in [4.69, 9.17) is 10.5 Å². The van der Waals surface area contributed by atoms with Gasteiger partial charge in [0.25, 0.3) is 5.91 Å². The lowest BCUT2D eigenvalue weighted by molar-refractivity contribution is 0.0732. The number of hydrogen-bond donors (Lipinski definition) is 1. The second kappa shape index (κ2) is 6.07. The van der Waals surface area contributed by atoms with Crippen molar-refractivity contribution in [1.29, 1.82) is 0 Å². The number of aromatic nitrogens is 3. The molecule has 7 nitrogen and oxygen atoms in total. The van der Waals surface area contributed by atoms with E-state index in [1.54, 1.807) is 29.3 Å². The summed E-state index contributed by atoms with van der Waals surface area (Å²) in [6.07, 6.45) is 4.74. The molecule has 1 fully saturated rings. The average Bonchev–Trinajstić information content (AvgIpc) is 3.43. The molecule has 0 aromatic carbocycles. The third kappa shape index (κ3) is 3.15. The average molecular weight is 325 g/mol. The summed E-state index contributed by atoms with van der Waals surface area (Å²) in [5, 5.41) is 7.96. The van der Waals surface area contributed by atoms with E-state index >= 15 is 0 Å². The Balaban J connectivity index is 1.43. The SMILES string of the molecule is Nc1cc2c(nn1)CCN(C(=O)c1ccc(OCC3CC3)nc1)C2. The van der Waals surface area contributed by atoms with Crippen LogP contribution in [0.25, 0.3) is 0 Å². The van der Waals surface area contributed by atoms with E-state index in [2.05, 4.69) is 15.2 Å². The van der Waals surface area contributed by atoms with Gasteiger partial charge >= 0.3 is 0 Å². The largest absolute Gasteiger partial charge is 0.477 e. The van der Waals surface area contributed by atoms with Crippen molar-refractivity contribution in [2.45, 2.75) is 25.8 Å². The molecule has 1 aliphatic carbocycles. The van der Waals surface area contributed by atoms with Crippen molar-refractivity contribution in [1.82, 2.24) is 20.1 Å². The van der Waals surface area contributed by atoms with Crippen LogP contribution < -0.4 is 10.5 Å². The number of nitrogens with two attached hydrogens (primary N) is 1. The number of hydrogen-bond acceptors (Lipinski definition) is 6. The van der Waals surface area contributed by atoms with E-state index in [1.807, 2.05) is 0 Å². The van der Waals surface area contributed by atoms with Gasteiger partial charge < -0.3 is 15.4 Å². The predicted octanol–water partition coefficient (Wildman–Crippen LogP) is 1.44. The van der Waals surface area contributed by atoms with Crippen LogP contribution in [0, 0.1) is 5.92 Å². The number of nitrogen functional groups attached to an aromatic ring is 1. The Morgan fingerprint density at radius 2 is 2.21 bits per heavy atom. The lowest BCUT2D eigenvalue weighted by Crippen LogP contribution is -2.36. The van der Waals surface area contributed by atoms with Crippen LogP contribution >= 0.6 is 0 Å². The zero-order valence-electron chi connectivity index (χ0n) is 13.3. The van der Waals surface area contributed by atoms with Crippen LogP contribution in [0.1, 0.15) is 34.5 Å². The minimum Gasteiger partial charge on any atom is -0.477 e. The first-order chi connectivity index (χ1) is 11.7. The fourth-order valence-corrected chi connectivity index (χ4v) is 2.78. The van der Waals surface area contributed by atoms with Crippen LogP contribution in [-0.4, -0.2) is 39.1 Å². The van der Waals surface area contributed by atoms with Crippen molar-refractivity contribution in [3.8, 4) is 5.88 Å². The fraction of sp³-hybridized carbons (Fsp3) is 0.412. The number of anilines is 1. The summed E-state index contributed by atoms with van der Waals surface area (Å²) in [5.74, 6) is 1.58. The van der Waals surface area contributed by atoms with Crippen LogP contribution in [0.3, 0.4) is 0 Å². The minimum atomic E-state index is -0.0442. The number of rotatable bonds is 4. The first kappa shape index (κ1) is 14.9. The lowest BCUT2D eigenvalue weighted by Gasteiger charge is -2.28. The van der Waals surface area contributed by atoms with Crippen LogP contribution in [0.4, 0.5) is 5.82 Å². The highest BCUT2D eigenvalue weighted by Gasteiger charge is 2.24. The maximum atomic E-state index is 12.7. The van der Waals surface area contributed by atoms with Gasteiger partial charge in [-0.05, 0) is 36.5 Å². The molecule has 2 aromatic heterocycles. The first-order valence-electron chi connectivity index (χ1n) is 8.18. The van der Waals surface area contributed by atoms with E-state index < -0.39 is 0 Å². The van der Waals surface area contributed by atoms with Gasteiger partial charge in [0.15, 0.2) is 0 Å². The monoisotopic (exact) mass is 325 g/mol. The highest BCUT2D eigenvalue weighted by atomic mass is 16.5. The first-order valence-corrected chi connectivity index (χ1v) is 8.18. The van der Waals surface area contributed by atoms with E-state index in [-0.39, 0.29) is 5.91 Å². The number of ether oxygens (including phenoxy) is 1. The molecule has 0 unspecified atom stereocenters. The Hall–Kier alpha value is -2.70. The van der Waals surface area contributed by atoms with Gasteiger partial charge in [-0.25, -0.2) is 4.98 Å². The van der Waals surface area contributed by atoms with Gasteiger partial charge in [0, 0.05) is 31.8 Å². The molecule has 2 aromatic rings. The molecule has 124 valence electrons. The van der Waals surface area contributed by atoms with Crippen molar-refractivity contribution in [3.63, 3.8) is 0 Å². The van der Waals surface area contributed by atoms with Crippen molar-refractivity contribution < 1.29 is 9.53 Å². The highest BCUT2D eigenvalue weighted by molar-refractivity contribution is 5.94. The molecule has 0 bridgehead atoms. The molecular formula is C17H19N5O2. The van der Waals surface area contributed by atoms with E-state index in [0.29, 0.717) is 49.3 Å². The summed E-state index contributed by atoms with van der Waals surface area (Å²) in [6.45, 7) is 1.82. The number of carbonyl (C=O) groups excluding carboxylic acids is 1. The minimum absolute atomic E-state index is 0.0442.